The number of aliphatic imine (C=N–C) groups is 1. The SMILES string of the molecule is CN=C(NCc1cnn(C)c1)N(C)Cc1ccon1.I. The quantitative estimate of drug-likeness (QED) is 0.483. The maximum Gasteiger partial charge on any atom is 0.194 e. The van der Waals surface area contributed by atoms with Crippen LogP contribution in [0, 0.1) is 0 Å². The van der Waals surface area contributed by atoms with Gasteiger partial charge in [0, 0.05) is 45.5 Å². The highest BCUT2D eigenvalue weighted by molar-refractivity contribution is 14.0. The summed E-state index contributed by atoms with van der Waals surface area (Å²) < 4.78 is 6.59. The van der Waals surface area contributed by atoms with Crippen molar-refractivity contribution in [3.05, 3.63) is 36.0 Å². The zero-order chi connectivity index (χ0) is 13.7. The Bertz CT molecular complexity index is 536. The smallest absolute Gasteiger partial charge is 0.194 e. The third-order valence-corrected chi connectivity index (χ3v) is 2.67. The van der Waals surface area contributed by atoms with Gasteiger partial charge in [-0.15, -0.1) is 24.0 Å². The molecule has 0 saturated heterocycles. The van der Waals surface area contributed by atoms with Crippen LogP contribution in [-0.2, 0) is 20.1 Å². The summed E-state index contributed by atoms with van der Waals surface area (Å²) in [5.41, 5.74) is 1.98. The van der Waals surface area contributed by atoms with Gasteiger partial charge in [-0.1, -0.05) is 5.16 Å². The van der Waals surface area contributed by atoms with E-state index in [9.17, 15) is 0 Å². The number of halogens is 1. The fourth-order valence-electron chi connectivity index (χ4n) is 1.77. The number of aryl methyl sites for hydroxylation is 1. The van der Waals surface area contributed by atoms with Crippen molar-refractivity contribution in [1.82, 2.24) is 25.2 Å². The Balaban J connectivity index is 0.00000200. The van der Waals surface area contributed by atoms with Crippen LogP contribution in [0.2, 0.25) is 0 Å². The molecule has 0 fully saturated rings. The molecule has 8 heteroatoms. The first kappa shape index (κ1) is 16.5. The molecule has 110 valence electrons. The van der Waals surface area contributed by atoms with Gasteiger partial charge in [-0.25, -0.2) is 0 Å². The fourth-order valence-corrected chi connectivity index (χ4v) is 1.77. The molecule has 0 atom stereocenters. The fraction of sp³-hybridized carbons (Fsp3) is 0.417. The molecule has 7 nitrogen and oxygen atoms in total. The molecule has 0 aliphatic heterocycles. The van der Waals surface area contributed by atoms with Gasteiger partial charge in [0.05, 0.1) is 12.7 Å². The third-order valence-electron chi connectivity index (χ3n) is 2.67. The molecule has 0 radical (unpaired) electrons. The third kappa shape index (κ3) is 4.51. The molecule has 0 spiro atoms. The summed E-state index contributed by atoms with van der Waals surface area (Å²) in [5, 5.41) is 11.3. The number of hydrogen-bond donors (Lipinski definition) is 1. The molecule has 0 amide bonds. The summed E-state index contributed by atoms with van der Waals surface area (Å²) in [6, 6.07) is 1.84. The van der Waals surface area contributed by atoms with Crippen molar-refractivity contribution in [2.45, 2.75) is 13.1 Å². The Morgan fingerprint density at radius 2 is 2.35 bits per heavy atom. The summed E-state index contributed by atoms with van der Waals surface area (Å²) in [7, 11) is 5.60. The van der Waals surface area contributed by atoms with Gasteiger partial charge in [-0.05, 0) is 0 Å². The van der Waals surface area contributed by atoms with Crippen molar-refractivity contribution in [2.24, 2.45) is 12.0 Å². The number of nitrogens with one attached hydrogen (secondary N) is 1. The van der Waals surface area contributed by atoms with Crippen molar-refractivity contribution < 1.29 is 4.52 Å². The average Bonchev–Trinajstić information content (AvgIpc) is 3.02. The van der Waals surface area contributed by atoms with E-state index in [-0.39, 0.29) is 24.0 Å². The molecule has 2 aromatic rings. The van der Waals surface area contributed by atoms with E-state index in [2.05, 4.69) is 20.6 Å². The highest BCUT2D eigenvalue weighted by Gasteiger charge is 2.08. The Kier molecular flexibility index (Phi) is 6.49. The Labute approximate surface area is 135 Å². The van der Waals surface area contributed by atoms with Gasteiger partial charge >= 0.3 is 0 Å². The van der Waals surface area contributed by atoms with Crippen molar-refractivity contribution in [3.8, 4) is 0 Å². The lowest BCUT2D eigenvalue weighted by Gasteiger charge is -2.20. The predicted octanol–water partition coefficient (Wildman–Crippen LogP) is 1.23. The van der Waals surface area contributed by atoms with Crippen molar-refractivity contribution in [2.75, 3.05) is 14.1 Å². The highest BCUT2D eigenvalue weighted by atomic mass is 127. The molecule has 0 aliphatic rings. The number of hydrogen-bond acceptors (Lipinski definition) is 4. The molecule has 2 heterocycles. The monoisotopic (exact) mass is 390 g/mol. The number of guanidine groups is 1. The van der Waals surface area contributed by atoms with Gasteiger partial charge in [0.25, 0.3) is 0 Å². The van der Waals surface area contributed by atoms with E-state index in [1.54, 1.807) is 18.0 Å². The Morgan fingerprint density at radius 3 is 2.90 bits per heavy atom. The summed E-state index contributed by atoms with van der Waals surface area (Å²) in [4.78, 5) is 6.22. The topological polar surface area (TPSA) is 71.5 Å². The van der Waals surface area contributed by atoms with E-state index in [1.165, 1.54) is 0 Å². The normalized spacial score (nSPS) is 11.1. The zero-order valence-corrected chi connectivity index (χ0v) is 14.1. The van der Waals surface area contributed by atoms with E-state index in [0.29, 0.717) is 13.1 Å². The summed E-state index contributed by atoms with van der Waals surface area (Å²) in [6.07, 6.45) is 5.37. The van der Waals surface area contributed by atoms with Crippen molar-refractivity contribution in [3.63, 3.8) is 0 Å². The van der Waals surface area contributed by atoms with Crippen molar-refractivity contribution in [1.29, 1.82) is 0 Å². The first-order valence-corrected chi connectivity index (χ1v) is 5.97. The lowest BCUT2D eigenvalue weighted by molar-refractivity contribution is 0.391. The van der Waals surface area contributed by atoms with Gasteiger partial charge < -0.3 is 14.7 Å². The van der Waals surface area contributed by atoms with Crippen LogP contribution in [0.5, 0.6) is 0 Å². The molecule has 2 rings (SSSR count). The first-order valence-electron chi connectivity index (χ1n) is 5.97. The minimum Gasteiger partial charge on any atom is -0.364 e. The summed E-state index contributed by atoms with van der Waals surface area (Å²) in [6.45, 7) is 1.33. The van der Waals surface area contributed by atoms with Gasteiger partial charge in [0.1, 0.15) is 12.0 Å². The molecule has 1 N–H and O–H groups in total. The molecule has 20 heavy (non-hydrogen) atoms. The largest absolute Gasteiger partial charge is 0.364 e. The molecule has 2 aromatic heterocycles. The van der Waals surface area contributed by atoms with Crippen LogP contribution in [0.15, 0.2) is 34.2 Å². The summed E-state index contributed by atoms with van der Waals surface area (Å²) in [5.74, 6) is 0.798. The number of nitrogens with zero attached hydrogens (tertiary/aromatic N) is 5. The van der Waals surface area contributed by atoms with Crippen LogP contribution in [0.25, 0.3) is 0 Å². The maximum absolute atomic E-state index is 4.81. The van der Waals surface area contributed by atoms with E-state index in [0.717, 1.165) is 17.2 Å². The molecular formula is C12H19IN6O. The second kappa shape index (κ2) is 7.88. The van der Waals surface area contributed by atoms with Crippen LogP contribution >= 0.6 is 24.0 Å². The van der Waals surface area contributed by atoms with Crippen LogP contribution in [0.1, 0.15) is 11.3 Å². The maximum atomic E-state index is 4.81. The van der Waals surface area contributed by atoms with Crippen LogP contribution < -0.4 is 5.32 Å². The number of rotatable bonds is 4. The van der Waals surface area contributed by atoms with Gasteiger partial charge in [0.15, 0.2) is 5.96 Å². The first-order chi connectivity index (χ1) is 9.19. The van der Waals surface area contributed by atoms with Gasteiger partial charge in [0.2, 0.25) is 0 Å². The predicted molar refractivity (Wildman–Crippen MR) is 86.8 cm³/mol. The molecule has 0 saturated carbocycles. The standard InChI is InChI=1S/C12H18N6O.HI/c1-13-12(14-6-10-7-15-18(3)8-10)17(2)9-11-4-5-19-16-11;/h4-5,7-8H,6,9H2,1-3H3,(H,13,14);1H. The van der Waals surface area contributed by atoms with Crippen molar-refractivity contribution >= 4 is 29.9 Å². The molecule has 0 bridgehead atoms. The average molecular weight is 390 g/mol. The number of aromatic nitrogens is 3. The molecule has 0 aliphatic carbocycles. The van der Waals surface area contributed by atoms with Crippen LogP contribution in [-0.4, -0.2) is 39.9 Å². The minimum atomic E-state index is 0. The summed E-state index contributed by atoms with van der Waals surface area (Å²) >= 11 is 0. The second-order valence-electron chi connectivity index (χ2n) is 4.27. The zero-order valence-electron chi connectivity index (χ0n) is 11.8. The van der Waals surface area contributed by atoms with Crippen LogP contribution in [0.3, 0.4) is 0 Å². The second-order valence-corrected chi connectivity index (χ2v) is 4.27. The molecule has 0 unspecified atom stereocenters. The lowest BCUT2D eigenvalue weighted by atomic mass is 10.3. The lowest BCUT2D eigenvalue weighted by Crippen LogP contribution is -2.38. The van der Waals surface area contributed by atoms with Crippen LogP contribution in [0.4, 0.5) is 0 Å². The Morgan fingerprint density at radius 1 is 1.55 bits per heavy atom. The van der Waals surface area contributed by atoms with E-state index in [4.69, 9.17) is 4.52 Å². The van der Waals surface area contributed by atoms with Gasteiger partial charge in [-0.3, -0.25) is 9.67 Å². The minimum absolute atomic E-state index is 0. The van der Waals surface area contributed by atoms with E-state index in [1.807, 2.05) is 37.5 Å². The molecular weight excluding hydrogens is 371 g/mol. The highest BCUT2D eigenvalue weighted by Crippen LogP contribution is 2.01. The molecule has 0 aromatic carbocycles. The van der Waals surface area contributed by atoms with E-state index >= 15 is 0 Å². The van der Waals surface area contributed by atoms with Gasteiger partial charge in [-0.2, -0.15) is 5.10 Å². The Hall–Kier alpha value is -1.58. The van der Waals surface area contributed by atoms with E-state index < -0.39 is 0 Å².